The number of nitrogens with zero attached hydrogens (tertiary/aromatic N) is 3. The van der Waals surface area contributed by atoms with Gasteiger partial charge in [0.1, 0.15) is 0 Å². The molecule has 2 unspecified atom stereocenters. The Morgan fingerprint density at radius 2 is 2.08 bits per heavy atom. The van der Waals surface area contributed by atoms with Crippen LogP contribution in [0.25, 0.3) is 11.3 Å². The standard InChI is InChI=1S/C20H25N3O2/c1-2-20(25)22-9-7-14(8-10-22)19(24)11-17-15-5-3-4-6-16(15)18-12-21-13-23(17)18/h3-6,12-14,17,19,24H,2,7-11H2,1H3. The van der Waals surface area contributed by atoms with E-state index in [0.717, 1.165) is 31.6 Å². The van der Waals surface area contributed by atoms with E-state index in [2.05, 4.69) is 33.8 Å². The molecule has 5 heteroatoms. The molecule has 2 aromatic rings. The smallest absolute Gasteiger partial charge is 0.222 e. The Bertz CT molecular complexity index is 762. The molecular weight excluding hydrogens is 314 g/mol. The predicted octanol–water partition coefficient (Wildman–Crippen LogP) is 2.85. The van der Waals surface area contributed by atoms with Crippen LogP contribution in [-0.2, 0) is 4.79 Å². The van der Waals surface area contributed by atoms with Gasteiger partial charge in [-0.3, -0.25) is 4.79 Å². The number of aliphatic hydroxyl groups is 1. The molecule has 2 aliphatic heterocycles. The van der Waals surface area contributed by atoms with E-state index in [1.807, 2.05) is 24.3 Å². The Morgan fingerprint density at radius 3 is 2.84 bits per heavy atom. The van der Waals surface area contributed by atoms with Crippen molar-refractivity contribution in [3.05, 3.63) is 42.4 Å². The van der Waals surface area contributed by atoms with Gasteiger partial charge in [-0.1, -0.05) is 31.2 Å². The van der Waals surface area contributed by atoms with Crippen molar-refractivity contribution in [2.75, 3.05) is 13.1 Å². The van der Waals surface area contributed by atoms with Crippen LogP contribution in [0.5, 0.6) is 0 Å². The minimum atomic E-state index is -0.356. The third-order valence-electron chi connectivity index (χ3n) is 5.80. The predicted molar refractivity (Wildman–Crippen MR) is 96.0 cm³/mol. The van der Waals surface area contributed by atoms with E-state index >= 15 is 0 Å². The van der Waals surface area contributed by atoms with Crippen molar-refractivity contribution < 1.29 is 9.90 Å². The van der Waals surface area contributed by atoms with Crippen LogP contribution in [0.15, 0.2) is 36.8 Å². The van der Waals surface area contributed by atoms with Gasteiger partial charge < -0.3 is 14.6 Å². The molecule has 0 spiro atoms. The van der Waals surface area contributed by atoms with Crippen molar-refractivity contribution in [1.29, 1.82) is 0 Å². The summed E-state index contributed by atoms with van der Waals surface area (Å²) < 4.78 is 2.18. The molecule has 0 bridgehead atoms. The first-order valence-electron chi connectivity index (χ1n) is 9.26. The van der Waals surface area contributed by atoms with Gasteiger partial charge >= 0.3 is 0 Å². The Morgan fingerprint density at radius 1 is 1.32 bits per heavy atom. The van der Waals surface area contributed by atoms with Gasteiger partial charge in [0.05, 0.1) is 30.4 Å². The molecule has 5 nitrogen and oxygen atoms in total. The number of piperidine rings is 1. The molecular formula is C20H25N3O2. The highest BCUT2D eigenvalue weighted by Crippen LogP contribution is 2.42. The summed E-state index contributed by atoms with van der Waals surface area (Å²) in [4.78, 5) is 18.0. The zero-order valence-electron chi connectivity index (χ0n) is 14.6. The number of likely N-dealkylation sites (tertiary alicyclic amines) is 1. The van der Waals surface area contributed by atoms with Crippen LogP contribution in [0.3, 0.4) is 0 Å². The first-order chi connectivity index (χ1) is 12.2. The Kier molecular flexibility index (Phi) is 4.34. The summed E-state index contributed by atoms with van der Waals surface area (Å²) >= 11 is 0. The minimum Gasteiger partial charge on any atom is -0.393 e. The molecule has 1 amide bonds. The summed E-state index contributed by atoms with van der Waals surface area (Å²) in [6.07, 6.45) is 6.46. The van der Waals surface area contributed by atoms with Crippen molar-refractivity contribution in [2.45, 2.75) is 44.8 Å². The van der Waals surface area contributed by atoms with Crippen LogP contribution < -0.4 is 0 Å². The fourth-order valence-electron chi connectivity index (χ4n) is 4.35. The lowest BCUT2D eigenvalue weighted by Gasteiger charge is -2.35. The molecule has 4 rings (SSSR count). The van der Waals surface area contributed by atoms with E-state index in [1.54, 1.807) is 0 Å². The summed E-state index contributed by atoms with van der Waals surface area (Å²) in [6.45, 7) is 3.45. The van der Waals surface area contributed by atoms with Gasteiger partial charge in [-0.25, -0.2) is 4.98 Å². The summed E-state index contributed by atoms with van der Waals surface area (Å²) in [5.74, 6) is 0.487. The normalized spacial score (nSPS) is 21.0. The topological polar surface area (TPSA) is 58.4 Å². The van der Waals surface area contributed by atoms with Gasteiger partial charge in [-0.15, -0.1) is 0 Å². The number of hydrogen-bond acceptors (Lipinski definition) is 3. The number of fused-ring (bicyclic) bond motifs is 3. The summed E-state index contributed by atoms with van der Waals surface area (Å²) in [5.41, 5.74) is 3.63. The second-order valence-corrected chi connectivity index (χ2v) is 7.16. The molecule has 1 aromatic heterocycles. The van der Waals surface area contributed by atoms with Crippen molar-refractivity contribution in [3.8, 4) is 11.3 Å². The quantitative estimate of drug-likeness (QED) is 0.932. The van der Waals surface area contributed by atoms with Crippen LogP contribution in [0.1, 0.15) is 44.2 Å². The Balaban J connectivity index is 1.46. The minimum absolute atomic E-state index is 0.152. The number of amides is 1. The molecule has 1 saturated heterocycles. The van der Waals surface area contributed by atoms with Gasteiger partial charge in [0.25, 0.3) is 0 Å². The highest BCUT2D eigenvalue weighted by molar-refractivity contribution is 5.75. The molecule has 0 saturated carbocycles. The lowest BCUT2D eigenvalue weighted by Crippen LogP contribution is -2.41. The van der Waals surface area contributed by atoms with Gasteiger partial charge in [0.2, 0.25) is 5.91 Å². The molecule has 0 radical (unpaired) electrons. The number of imidazole rings is 1. The molecule has 1 fully saturated rings. The van der Waals surface area contributed by atoms with Gasteiger partial charge in [0, 0.05) is 25.1 Å². The Hall–Kier alpha value is -2.14. The van der Waals surface area contributed by atoms with E-state index in [9.17, 15) is 9.90 Å². The van der Waals surface area contributed by atoms with E-state index < -0.39 is 0 Å². The van der Waals surface area contributed by atoms with Crippen LogP contribution in [-0.4, -0.2) is 44.7 Å². The van der Waals surface area contributed by atoms with E-state index in [1.165, 1.54) is 11.1 Å². The summed E-state index contributed by atoms with van der Waals surface area (Å²) in [6, 6.07) is 8.55. The SMILES string of the molecule is CCC(=O)N1CCC(C(O)CC2c3ccccc3-c3cncn32)CC1. The molecule has 1 N–H and O–H groups in total. The number of carbonyl (C=O) groups excluding carboxylic acids is 1. The number of aliphatic hydroxyl groups excluding tert-OH is 1. The van der Waals surface area contributed by atoms with Gasteiger partial charge in [-0.2, -0.15) is 0 Å². The largest absolute Gasteiger partial charge is 0.393 e. The number of hydrogen-bond donors (Lipinski definition) is 1. The highest BCUT2D eigenvalue weighted by Gasteiger charge is 2.33. The van der Waals surface area contributed by atoms with Crippen molar-refractivity contribution in [1.82, 2.24) is 14.5 Å². The third-order valence-corrected chi connectivity index (χ3v) is 5.80. The number of benzene rings is 1. The fraction of sp³-hybridized carbons (Fsp3) is 0.500. The maximum Gasteiger partial charge on any atom is 0.222 e. The zero-order valence-corrected chi connectivity index (χ0v) is 14.6. The monoisotopic (exact) mass is 339 g/mol. The fourth-order valence-corrected chi connectivity index (χ4v) is 4.35. The highest BCUT2D eigenvalue weighted by atomic mass is 16.3. The first kappa shape index (κ1) is 16.3. The summed E-state index contributed by atoms with van der Waals surface area (Å²) in [7, 11) is 0. The number of rotatable bonds is 4. The molecule has 25 heavy (non-hydrogen) atoms. The van der Waals surface area contributed by atoms with Gasteiger partial charge in [-0.05, 0) is 30.7 Å². The average molecular weight is 339 g/mol. The van der Waals surface area contributed by atoms with E-state index in [-0.39, 0.29) is 24.0 Å². The molecule has 132 valence electrons. The van der Waals surface area contributed by atoms with Crippen LogP contribution in [0, 0.1) is 5.92 Å². The number of aromatic nitrogens is 2. The maximum absolute atomic E-state index is 11.8. The third kappa shape index (κ3) is 2.86. The van der Waals surface area contributed by atoms with Crippen LogP contribution >= 0.6 is 0 Å². The van der Waals surface area contributed by atoms with Crippen LogP contribution in [0.4, 0.5) is 0 Å². The average Bonchev–Trinajstić information content (AvgIpc) is 3.24. The molecule has 2 atom stereocenters. The van der Waals surface area contributed by atoms with Crippen molar-refractivity contribution >= 4 is 5.91 Å². The van der Waals surface area contributed by atoms with Crippen molar-refractivity contribution in [3.63, 3.8) is 0 Å². The Labute approximate surface area is 148 Å². The molecule has 3 heterocycles. The van der Waals surface area contributed by atoms with E-state index in [4.69, 9.17) is 0 Å². The molecule has 2 aliphatic rings. The van der Waals surface area contributed by atoms with Gasteiger partial charge in [0.15, 0.2) is 0 Å². The van der Waals surface area contributed by atoms with Crippen molar-refractivity contribution in [2.24, 2.45) is 5.92 Å². The first-order valence-corrected chi connectivity index (χ1v) is 9.26. The molecule has 0 aliphatic carbocycles. The van der Waals surface area contributed by atoms with Crippen LogP contribution in [0.2, 0.25) is 0 Å². The molecule has 1 aromatic carbocycles. The van der Waals surface area contributed by atoms with E-state index in [0.29, 0.717) is 12.8 Å². The maximum atomic E-state index is 11.8. The second-order valence-electron chi connectivity index (χ2n) is 7.16. The second kappa shape index (κ2) is 6.64. The lowest BCUT2D eigenvalue weighted by atomic mass is 9.86. The lowest BCUT2D eigenvalue weighted by molar-refractivity contribution is -0.132. The zero-order chi connectivity index (χ0) is 17.4. The summed E-state index contributed by atoms with van der Waals surface area (Å²) in [5, 5.41) is 10.9. The number of carbonyl (C=O) groups is 1.